The number of carbonyl (C=O) groups is 1. The van der Waals surface area contributed by atoms with Crippen LogP contribution >= 0.6 is 0 Å². The Kier molecular flexibility index (Phi) is 6.41. The van der Waals surface area contributed by atoms with E-state index in [2.05, 4.69) is 4.90 Å². The first kappa shape index (κ1) is 12.5. The molecule has 0 aliphatic carbocycles. The van der Waals surface area contributed by atoms with Gasteiger partial charge < -0.3 is 9.64 Å². The van der Waals surface area contributed by atoms with Gasteiger partial charge in [0, 0.05) is 6.42 Å². The number of hydrogen-bond acceptors (Lipinski definition) is 3. The second-order valence-electron chi connectivity index (χ2n) is 4.16. The van der Waals surface area contributed by atoms with Gasteiger partial charge in [0.15, 0.2) is 0 Å². The zero-order valence-electron chi connectivity index (χ0n) is 9.83. The van der Waals surface area contributed by atoms with Gasteiger partial charge in [-0.25, -0.2) is 0 Å². The summed E-state index contributed by atoms with van der Waals surface area (Å²) in [6, 6.07) is 0. The van der Waals surface area contributed by atoms with Gasteiger partial charge in [-0.1, -0.05) is 12.8 Å². The van der Waals surface area contributed by atoms with Crippen LogP contribution in [0.4, 0.5) is 0 Å². The van der Waals surface area contributed by atoms with E-state index in [1.54, 1.807) is 0 Å². The van der Waals surface area contributed by atoms with Gasteiger partial charge in [-0.2, -0.15) is 0 Å². The van der Waals surface area contributed by atoms with Gasteiger partial charge in [0.2, 0.25) is 0 Å². The van der Waals surface area contributed by atoms with Crippen LogP contribution in [0, 0.1) is 0 Å². The molecule has 0 atom stereocenters. The molecule has 0 unspecified atom stereocenters. The summed E-state index contributed by atoms with van der Waals surface area (Å²) in [5.74, 6) is -0.0488. The molecule has 88 valence electrons. The Bertz CT molecular complexity index is 174. The second-order valence-corrected chi connectivity index (χ2v) is 4.16. The second kappa shape index (κ2) is 7.69. The fraction of sp³-hybridized carbons (Fsp3) is 0.917. The first-order chi connectivity index (χ1) is 7.33. The summed E-state index contributed by atoms with van der Waals surface area (Å²) in [5.41, 5.74) is 0. The van der Waals surface area contributed by atoms with Gasteiger partial charge in [0.25, 0.3) is 0 Å². The lowest BCUT2D eigenvalue weighted by atomic mass is 10.2. The maximum atomic E-state index is 11.1. The van der Waals surface area contributed by atoms with E-state index in [4.69, 9.17) is 4.74 Å². The Morgan fingerprint density at radius 3 is 2.47 bits per heavy atom. The predicted octanol–water partition coefficient (Wildman–Crippen LogP) is 2.21. The topological polar surface area (TPSA) is 29.5 Å². The third kappa shape index (κ3) is 5.78. The van der Waals surface area contributed by atoms with Crippen molar-refractivity contribution in [2.75, 3.05) is 26.2 Å². The third-order valence-corrected chi connectivity index (χ3v) is 2.86. The van der Waals surface area contributed by atoms with Gasteiger partial charge in [-0.15, -0.1) is 0 Å². The molecule has 0 aromatic carbocycles. The maximum absolute atomic E-state index is 11.1. The molecule has 3 heteroatoms. The van der Waals surface area contributed by atoms with Crippen LogP contribution in [-0.4, -0.2) is 37.1 Å². The number of carbonyl (C=O) groups excluding carboxylic acids is 1. The zero-order valence-corrected chi connectivity index (χ0v) is 9.83. The van der Waals surface area contributed by atoms with Crippen molar-refractivity contribution in [3.63, 3.8) is 0 Å². The van der Waals surface area contributed by atoms with Crippen molar-refractivity contribution in [2.45, 2.75) is 45.4 Å². The van der Waals surface area contributed by atoms with Crippen LogP contribution in [0.2, 0.25) is 0 Å². The average Bonchev–Trinajstić information content (AvgIpc) is 2.47. The molecule has 0 N–H and O–H groups in total. The van der Waals surface area contributed by atoms with Crippen LogP contribution in [0.25, 0.3) is 0 Å². The molecule has 3 nitrogen and oxygen atoms in total. The van der Waals surface area contributed by atoms with Gasteiger partial charge >= 0.3 is 5.97 Å². The monoisotopic (exact) mass is 213 g/mol. The SMILES string of the molecule is CCOC(=O)CCCN1CCCCCC1. The minimum atomic E-state index is -0.0488. The molecule has 1 fully saturated rings. The highest BCUT2D eigenvalue weighted by molar-refractivity contribution is 5.69. The Morgan fingerprint density at radius 2 is 1.87 bits per heavy atom. The fourth-order valence-electron chi connectivity index (χ4n) is 2.04. The molecular formula is C12H23NO2. The fourth-order valence-corrected chi connectivity index (χ4v) is 2.04. The highest BCUT2D eigenvalue weighted by Crippen LogP contribution is 2.10. The molecular weight excluding hydrogens is 190 g/mol. The largest absolute Gasteiger partial charge is 0.466 e. The van der Waals surface area contributed by atoms with Crippen molar-refractivity contribution in [3.05, 3.63) is 0 Å². The van der Waals surface area contributed by atoms with Crippen LogP contribution in [0.3, 0.4) is 0 Å². The van der Waals surface area contributed by atoms with Gasteiger partial charge in [-0.3, -0.25) is 4.79 Å². The standard InChI is InChI=1S/C12H23NO2/c1-2-15-12(14)8-7-11-13-9-5-3-4-6-10-13/h2-11H2,1H3. The molecule has 1 heterocycles. The van der Waals surface area contributed by atoms with E-state index in [1.165, 1.54) is 38.8 Å². The highest BCUT2D eigenvalue weighted by Gasteiger charge is 2.09. The summed E-state index contributed by atoms with van der Waals surface area (Å²) in [6.45, 7) is 5.83. The molecule has 0 amide bonds. The lowest BCUT2D eigenvalue weighted by Crippen LogP contribution is -2.26. The van der Waals surface area contributed by atoms with Gasteiger partial charge in [-0.05, 0) is 45.8 Å². The molecule has 1 aliphatic rings. The molecule has 0 spiro atoms. The van der Waals surface area contributed by atoms with E-state index in [1.807, 2.05) is 6.92 Å². The summed E-state index contributed by atoms with van der Waals surface area (Å²) in [5, 5.41) is 0. The lowest BCUT2D eigenvalue weighted by Gasteiger charge is -2.18. The molecule has 1 rings (SSSR count). The Hall–Kier alpha value is -0.570. The van der Waals surface area contributed by atoms with E-state index in [9.17, 15) is 4.79 Å². The van der Waals surface area contributed by atoms with E-state index in [0.29, 0.717) is 13.0 Å². The predicted molar refractivity (Wildman–Crippen MR) is 60.8 cm³/mol. The van der Waals surface area contributed by atoms with Crippen LogP contribution in [0.5, 0.6) is 0 Å². The zero-order chi connectivity index (χ0) is 10.9. The number of likely N-dealkylation sites (tertiary alicyclic amines) is 1. The molecule has 0 aromatic heterocycles. The third-order valence-electron chi connectivity index (χ3n) is 2.86. The number of esters is 1. The first-order valence-electron chi connectivity index (χ1n) is 6.21. The number of hydrogen-bond donors (Lipinski definition) is 0. The van der Waals surface area contributed by atoms with Crippen molar-refractivity contribution in [3.8, 4) is 0 Å². The Morgan fingerprint density at radius 1 is 1.20 bits per heavy atom. The minimum absolute atomic E-state index is 0.0488. The minimum Gasteiger partial charge on any atom is -0.466 e. The quantitative estimate of drug-likeness (QED) is 0.656. The normalized spacial score (nSPS) is 18.5. The smallest absolute Gasteiger partial charge is 0.305 e. The number of ether oxygens (including phenoxy) is 1. The molecule has 0 aromatic rings. The summed E-state index contributed by atoms with van der Waals surface area (Å²) < 4.78 is 4.90. The van der Waals surface area contributed by atoms with Crippen LogP contribution in [0.15, 0.2) is 0 Å². The van der Waals surface area contributed by atoms with Gasteiger partial charge in [0.1, 0.15) is 0 Å². The summed E-state index contributed by atoms with van der Waals surface area (Å²) >= 11 is 0. The first-order valence-corrected chi connectivity index (χ1v) is 6.21. The van der Waals surface area contributed by atoms with Crippen molar-refractivity contribution in [1.29, 1.82) is 0 Å². The van der Waals surface area contributed by atoms with Crippen molar-refractivity contribution < 1.29 is 9.53 Å². The molecule has 0 saturated carbocycles. The number of rotatable bonds is 5. The lowest BCUT2D eigenvalue weighted by molar-refractivity contribution is -0.143. The van der Waals surface area contributed by atoms with E-state index in [0.717, 1.165) is 13.0 Å². The van der Waals surface area contributed by atoms with Crippen LogP contribution < -0.4 is 0 Å². The molecule has 1 aliphatic heterocycles. The van der Waals surface area contributed by atoms with Crippen LogP contribution in [0.1, 0.15) is 45.4 Å². The van der Waals surface area contributed by atoms with Gasteiger partial charge in [0.05, 0.1) is 6.61 Å². The summed E-state index contributed by atoms with van der Waals surface area (Å²) in [7, 11) is 0. The molecule has 15 heavy (non-hydrogen) atoms. The molecule has 1 saturated heterocycles. The van der Waals surface area contributed by atoms with Crippen molar-refractivity contribution >= 4 is 5.97 Å². The van der Waals surface area contributed by atoms with Crippen molar-refractivity contribution in [1.82, 2.24) is 4.90 Å². The van der Waals surface area contributed by atoms with Crippen molar-refractivity contribution in [2.24, 2.45) is 0 Å². The maximum Gasteiger partial charge on any atom is 0.305 e. The van der Waals surface area contributed by atoms with E-state index >= 15 is 0 Å². The molecule has 0 radical (unpaired) electrons. The van der Waals surface area contributed by atoms with Crippen LogP contribution in [-0.2, 0) is 9.53 Å². The average molecular weight is 213 g/mol. The number of nitrogens with zero attached hydrogens (tertiary/aromatic N) is 1. The summed E-state index contributed by atoms with van der Waals surface area (Å²) in [4.78, 5) is 13.6. The van der Waals surface area contributed by atoms with E-state index < -0.39 is 0 Å². The Balaban J connectivity index is 2.05. The Labute approximate surface area is 92.8 Å². The highest BCUT2D eigenvalue weighted by atomic mass is 16.5. The summed E-state index contributed by atoms with van der Waals surface area (Å²) in [6.07, 6.45) is 6.89. The molecule has 0 bridgehead atoms. The van der Waals surface area contributed by atoms with E-state index in [-0.39, 0.29) is 5.97 Å².